The van der Waals surface area contributed by atoms with Crippen molar-refractivity contribution < 1.29 is 33.1 Å². The van der Waals surface area contributed by atoms with Crippen LogP contribution in [-0.4, -0.2) is 21.4 Å². The van der Waals surface area contributed by atoms with E-state index in [0.717, 1.165) is 0 Å². The number of rotatable bonds is 4. The molecule has 2 atom stereocenters. The van der Waals surface area contributed by atoms with Gasteiger partial charge in [-0.15, -0.1) is 9.79 Å². The van der Waals surface area contributed by atoms with Gasteiger partial charge in [-0.25, -0.2) is 0 Å². The van der Waals surface area contributed by atoms with E-state index in [0.29, 0.717) is 0 Å². The third-order valence-corrected chi connectivity index (χ3v) is 1.08. The molecule has 58 valence electrons. The molecule has 0 rings (SSSR count). The normalized spacial score (nSPS) is 16.3. The van der Waals surface area contributed by atoms with Crippen molar-refractivity contribution in [2.45, 2.75) is 6.48 Å². The molecule has 0 saturated heterocycles. The third kappa shape index (κ3) is 6.12. The molecular formula is CH4O7P2+2. The molecule has 0 saturated carbocycles. The first-order valence-corrected chi connectivity index (χ1v) is 4.12. The van der Waals surface area contributed by atoms with Crippen LogP contribution in [0, 0.1) is 0 Å². The van der Waals surface area contributed by atoms with E-state index in [1.54, 1.807) is 0 Å². The highest BCUT2D eigenvalue weighted by Crippen LogP contribution is 2.24. The highest BCUT2D eigenvalue weighted by atomic mass is 31.1. The minimum absolute atomic E-state index is 2.15. The number of hydrogen-bond donors (Lipinski definition) is 3. The summed E-state index contributed by atoms with van der Waals surface area (Å²) in [6.45, 7) is -2.15. The molecule has 2 unspecified atom stereocenters. The van der Waals surface area contributed by atoms with Crippen molar-refractivity contribution in [3.8, 4) is 0 Å². The van der Waals surface area contributed by atoms with Crippen LogP contribution in [-0.2, 0) is 18.2 Å². The Hall–Kier alpha value is -0.0000000000000000486. The van der Waals surface area contributed by atoms with Gasteiger partial charge in [0.2, 0.25) is 0 Å². The summed E-state index contributed by atoms with van der Waals surface area (Å²) in [7, 11) is -6.07. The first-order valence-electron chi connectivity index (χ1n) is 1.86. The molecule has 7 nitrogen and oxygen atoms in total. The quantitative estimate of drug-likeness (QED) is 0.408. The molecule has 0 fully saturated rings. The van der Waals surface area contributed by atoms with Crippen molar-refractivity contribution in [3.63, 3.8) is 0 Å². The molecule has 0 aliphatic carbocycles. The maximum atomic E-state index is 9.70. The fraction of sp³-hybridized carbons (Fsp3) is 1.00. The summed E-state index contributed by atoms with van der Waals surface area (Å²) in [5.74, 6) is 0. The van der Waals surface area contributed by atoms with Crippen molar-refractivity contribution in [3.05, 3.63) is 0 Å². The van der Waals surface area contributed by atoms with E-state index in [1.807, 2.05) is 0 Å². The van der Waals surface area contributed by atoms with Gasteiger partial charge in [-0.2, -0.15) is 0 Å². The van der Waals surface area contributed by atoms with E-state index in [-0.39, 0.29) is 0 Å². The van der Waals surface area contributed by atoms with Crippen LogP contribution in [0.5, 0.6) is 0 Å². The molecule has 3 N–H and O–H groups in total. The van der Waals surface area contributed by atoms with Gasteiger partial charge < -0.3 is 5.11 Å². The molecule has 0 aliphatic rings. The second-order valence-corrected chi connectivity index (χ2v) is 2.37. The van der Waals surface area contributed by atoms with Gasteiger partial charge in [0.05, 0.1) is 0 Å². The van der Waals surface area contributed by atoms with Gasteiger partial charge >= 0.3 is 23.0 Å². The lowest BCUT2D eigenvalue weighted by atomic mass is 11.4. The van der Waals surface area contributed by atoms with Gasteiger partial charge in [-0.1, -0.05) is 9.05 Å². The second-order valence-electron chi connectivity index (χ2n) is 0.994. The van der Waals surface area contributed by atoms with Crippen LogP contribution in [0.25, 0.3) is 0 Å². The van der Waals surface area contributed by atoms with E-state index in [4.69, 9.17) is 14.9 Å². The zero-order valence-electron chi connectivity index (χ0n) is 4.45. The zero-order valence-corrected chi connectivity index (χ0v) is 6.24. The maximum Gasteiger partial charge on any atom is 0.700 e. The molecular weight excluding hydrogens is 186 g/mol. The number of aliphatic hydroxyl groups is 1. The van der Waals surface area contributed by atoms with Crippen molar-refractivity contribution in [2.24, 2.45) is 0 Å². The van der Waals surface area contributed by atoms with Crippen LogP contribution < -0.4 is 0 Å². The van der Waals surface area contributed by atoms with Crippen LogP contribution in [0.2, 0.25) is 0 Å². The van der Waals surface area contributed by atoms with E-state index in [9.17, 15) is 9.13 Å². The SMILES string of the molecule is O=[P+](O)OC(O)O[P+](=O)O. The summed E-state index contributed by atoms with van der Waals surface area (Å²) in [6, 6.07) is 0. The van der Waals surface area contributed by atoms with Crippen LogP contribution >= 0.6 is 16.5 Å². The van der Waals surface area contributed by atoms with Crippen molar-refractivity contribution in [1.82, 2.24) is 0 Å². The number of aliphatic hydroxyl groups excluding tert-OH is 1. The predicted molar refractivity (Wildman–Crippen MR) is 27.8 cm³/mol. The summed E-state index contributed by atoms with van der Waals surface area (Å²) in [5, 5.41) is 8.26. The van der Waals surface area contributed by atoms with Crippen molar-refractivity contribution in [1.29, 1.82) is 0 Å². The lowest BCUT2D eigenvalue weighted by Gasteiger charge is -1.88. The van der Waals surface area contributed by atoms with E-state index >= 15 is 0 Å². The summed E-state index contributed by atoms with van der Waals surface area (Å²) in [6.07, 6.45) is 0. The Morgan fingerprint density at radius 2 is 1.40 bits per heavy atom. The molecule has 0 amide bonds. The molecule has 0 aromatic carbocycles. The lowest BCUT2D eigenvalue weighted by molar-refractivity contribution is -0.160. The molecule has 0 bridgehead atoms. The van der Waals surface area contributed by atoms with E-state index < -0.39 is 23.0 Å². The van der Waals surface area contributed by atoms with Gasteiger partial charge in [0.1, 0.15) is 0 Å². The summed E-state index contributed by atoms with van der Waals surface area (Å²) < 4.78 is 26.6. The number of hydrogen-bond acceptors (Lipinski definition) is 5. The predicted octanol–water partition coefficient (Wildman–Crippen LogP) is -0.405. The third-order valence-electron chi connectivity index (χ3n) is 0.361. The minimum Gasteiger partial charge on any atom is -0.340 e. The fourth-order valence-corrected chi connectivity index (χ4v) is 0.636. The summed E-state index contributed by atoms with van der Waals surface area (Å²) in [5.41, 5.74) is 0. The molecule has 0 aromatic rings. The monoisotopic (exact) mass is 190 g/mol. The second kappa shape index (κ2) is 4.76. The average molecular weight is 190 g/mol. The summed E-state index contributed by atoms with van der Waals surface area (Å²) in [4.78, 5) is 15.8. The molecule has 0 spiro atoms. The first-order chi connectivity index (χ1) is 4.52. The molecule has 0 radical (unpaired) electrons. The van der Waals surface area contributed by atoms with Gasteiger partial charge in [0, 0.05) is 9.13 Å². The molecule has 9 heteroatoms. The maximum absolute atomic E-state index is 9.70. The topological polar surface area (TPSA) is 113 Å². The van der Waals surface area contributed by atoms with E-state index in [2.05, 4.69) is 9.05 Å². The molecule has 0 aromatic heterocycles. The Morgan fingerprint density at radius 1 is 1.10 bits per heavy atom. The Labute approximate surface area is 57.1 Å². The van der Waals surface area contributed by atoms with Crippen molar-refractivity contribution in [2.75, 3.05) is 0 Å². The Kier molecular flexibility index (Phi) is 4.76. The van der Waals surface area contributed by atoms with E-state index in [1.165, 1.54) is 0 Å². The van der Waals surface area contributed by atoms with Gasteiger partial charge in [-0.3, -0.25) is 0 Å². The smallest absolute Gasteiger partial charge is 0.340 e. The fourth-order valence-electron chi connectivity index (χ4n) is 0.174. The first kappa shape index (κ1) is 10.0. The van der Waals surface area contributed by atoms with Gasteiger partial charge in [0.25, 0.3) is 0 Å². The Morgan fingerprint density at radius 3 is 1.60 bits per heavy atom. The minimum atomic E-state index is -3.04. The largest absolute Gasteiger partial charge is 0.700 e. The van der Waals surface area contributed by atoms with Crippen LogP contribution in [0.15, 0.2) is 0 Å². The summed E-state index contributed by atoms with van der Waals surface area (Å²) >= 11 is 0. The standard InChI is InChI=1S/CH2O7P2/c2-1(7-9(3)4)8-10(5)6/h1-2H/p+2. The van der Waals surface area contributed by atoms with Crippen LogP contribution in [0.1, 0.15) is 0 Å². The molecule has 10 heavy (non-hydrogen) atoms. The van der Waals surface area contributed by atoms with Gasteiger partial charge in [0.15, 0.2) is 0 Å². The van der Waals surface area contributed by atoms with Crippen LogP contribution in [0.4, 0.5) is 0 Å². The Balaban J connectivity index is 3.53. The van der Waals surface area contributed by atoms with Crippen LogP contribution in [0.3, 0.4) is 0 Å². The van der Waals surface area contributed by atoms with Crippen molar-refractivity contribution >= 4 is 16.5 Å². The Bertz CT molecular complexity index is 127. The highest BCUT2D eigenvalue weighted by molar-refractivity contribution is 7.32. The average Bonchev–Trinajstić information content (AvgIpc) is 1.58. The van der Waals surface area contributed by atoms with Gasteiger partial charge in [-0.05, 0) is 0 Å². The molecule has 0 heterocycles. The highest BCUT2D eigenvalue weighted by Gasteiger charge is 2.30. The lowest BCUT2D eigenvalue weighted by Crippen LogP contribution is -2.07. The zero-order chi connectivity index (χ0) is 8.15. The molecule has 0 aliphatic heterocycles.